The molecule has 0 unspecified atom stereocenters. The van der Waals surface area contributed by atoms with Gasteiger partial charge in [0.05, 0.1) is 22.7 Å². The summed E-state index contributed by atoms with van der Waals surface area (Å²) in [5, 5.41) is 5.03. The molecule has 0 radical (unpaired) electrons. The maximum atomic E-state index is 13.2. The van der Waals surface area contributed by atoms with Gasteiger partial charge in [0.15, 0.2) is 11.6 Å². The zero-order valence-corrected chi connectivity index (χ0v) is 17.8. The Morgan fingerprint density at radius 3 is 2.28 bits per heavy atom. The monoisotopic (exact) mass is 479 g/mol. The lowest BCUT2D eigenvalue weighted by Crippen LogP contribution is -2.33. The maximum Gasteiger partial charge on any atom is 0.261 e. The smallest absolute Gasteiger partial charge is 0.261 e. The Balaban J connectivity index is 1.68. The number of halogens is 3. The van der Waals surface area contributed by atoms with Gasteiger partial charge in [-0.25, -0.2) is 17.2 Å². The van der Waals surface area contributed by atoms with E-state index < -0.39 is 40.0 Å². The van der Waals surface area contributed by atoms with E-state index in [2.05, 4.69) is 15.4 Å². The molecular formula is C21H16ClF2N3O4S. The molecule has 3 N–H and O–H groups in total. The van der Waals surface area contributed by atoms with Crippen LogP contribution in [0.1, 0.15) is 10.4 Å². The van der Waals surface area contributed by atoms with Gasteiger partial charge in [-0.2, -0.15) is 0 Å². The Bertz CT molecular complexity index is 1270. The first-order chi connectivity index (χ1) is 15.2. The van der Waals surface area contributed by atoms with Crippen LogP contribution in [0.25, 0.3) is 0 Å². The fourth-order valence-corrected chi connectivity index (χ4v) is 3.83. The maximum absolute atomic E-state index is 13.2. The van der Waals surface area contributed by atoms with Crippen LogP contribution in [0.5, 0.6) is 0 Å². The van der Waals surface area contributed by atoms with Crippen LogP contribution >= 0.6 is 11.6 Å². The molecule has 0 aromatic heterocycles. The van der Waals surface area contributed by atoms with Crippen molar-refractivity contribution in [3.8, 4) is 0 Å². The lowest BCUT2D eigenvalue weighted by Gasteiger charge is -2.13. The second-order valence-corrected chi connectivity index (χ2v) is 8.58. The Morgan fingerprint density at radius 2 is 1.59 bits per heavy atom. The number of carbonyl (C=O) groups excluding carboxylic acids is 2. The van der Waals surface area contributed by atoms with Gasteiger partial charge in [0.1, 0.15) is 0 Å². The molecule has 3 aromatic rings. The SMILES string of the molecule is O=C(CNC(=O)c1ccccc1NS(=O)(=O)c1ccc(Cl)cc1)Nc1ccc(F)c(F)c1. The molecule has 0 aliphatic rings. The molecule has 2 amide bonds. The van der Waals surface area contributed by atoms with Crippen molar-refractivity contribution < 1.29 is 26.8 Å². The number of hydrogen-bond donors (Lipinski definition) is 3. The van der Waals surface area contributed by atoms with E-state index in [4.69, 9.17) is 11.6 Å². The number of anilines is 2. The van der Waals surface area contributed by atoms with Gasteiger partial charge in [0.25, 0.3) is 15.9 Å². The molecule has 0 fully saturated rings. The highest BCUT2D eigenvalue weighted by atomic mass is 35.5. The second kappa shape index (κ2) is 9.75. The third kappa shape index (κ3) is 5.80. The number of hydrogen-bond acceptors (Lipinski definition) is 4. The number of sulfonamides is 1. The molecule has 0 saturated carbocycles. The van der Waals surface area contributed by atoms with Gasteiger partial charge in [-0.3, -0.25) is 14.3 Å². The molecule has 32 heavy (non-hydrogen) atoms. The van der Waals surface area contributed by atoms with Gasteiger partial charge in [0, 0.05) is 16.8 Å². The molecular weight excluding hydrogens is 464 g/mol. The number of nitrogens with one attached hydrogen (secondary N) is 3. The van der Waals surface area contributed by atoms with Crippen molar-refractivity contribution in [2.45, 2.75) is 4.90 Å². The van der Waals surface area contributed by atoms with Crippen molar-refractivity contribution in [2.24, 2.45) is 0 Å². The van der Waals surface area contributed by atoms with Crippen molar-refractivity contribution in [2.75, 3.05) is 16.6 Å². The van der Waals surface area contributed by atoms with E-state index in [1.165, 1.54) is 54.6 Å². The zero-order valence-electron chi connectivity index (χ0n) is 16.2. The van der Waals surface area contributed by atoms with Gasteiger partial charge in [0.2, 0.25) is 5.91 Å². The van der Waals surface area contributed by atoms with Gasteiger partial charge in [-0.05, 0) is 48.5 Å². The predicted molar refractivity (Wildman–Crippen MR) is 116 cm³/mol. The van der Waals surface area contributed by atoms with E-state index in [0.29, 0.717) is 5.02 Å². The fraction of sp³-hybridized carbons (Fsp3) is 0.0476. The summed E-state index contributed by atoms with van der Waals surface area (Å²) in [6.45, 7) is -0.490. The largest absolute Gasteiger partial charge is 0.343 e. The van der Waals surface area contributed by atoms with Crippen LogP contribution in [0, 0.1) is 11.6 Å². The lowest BCUT2D eigenvalue weighted by atomic mass is 10.1. The number of benzene rings is 3. The molecule has 0 heterocycles. The lowest BCUT2D eigenvalue weighted by molar-refractivity contribution is -0.115. The Hall–Kier alpha value is -3.50. The van der Waals surface area contributed by atoms with Gasteiger partial charge in [-0.1, -0.05) is 23.7 Å². The van der Waals surface area contributed by atoms with E-state index in [1.54, 1.807) is 0 Å². The van der Waals surface area contributed by atoms with Crippen LogP contribution < -0.4 is 15.4 Å². The quantitative estimate of drug-likeness (QED) is 0.479. The first-order valence-corrected chi connectivity index (χ1v) is 10.9. The standard InChI is InChI=1S/C21H16ClF2N3O4S/c22-13-5-8-15(9-6-13)32(30,31)27-19-4-2-1-3-16(19)21(29)25-12-20(28)26-14-7-10-17(23)18(24)11-14/h1-11,27H,12H2,(H,25,29)(H,26,28). The van der Waals surface area contributed by atoms with Crippen molar-refractivity contribution in [1.82, 2.24) is 5.32 Å². The minimum absolute atomic E-state index is 0.000892. The topological polar surface area (TPSA) is 104 Å². The number of carbonyl (C=O) groups is 2. The van der Waals surface area contributed by atoms with Crippen molar-refractivity contribution in [3.63, 3.8) is 0 Å². The number of amides is 2. The minimum Gasteiger partial charge on any atom is -0.343 e. The van der Waals surface area contributed by atoms with Crippen molar-refractivity contribution in [1.29, 1.82) is 0 Å². The average molecular weight is 480 g/mol. The molecule has 3 rings (SSSR count). The minimum atomic E-state index is -4.00. The van der Waals surface area contributed by atoms with Crippen LogP contribution in [-0.2, 0) is 14.8 Å². The highest BCUT2D eigenvalue weighted by molar-refractivity contribution is 7.92. The molecule has 0 aliphatic heterocycles. The second-order valence-electron chi connectivity index (χ2n) is 6.46. The van der Waals surface area contributed by atoms with E-state index in [0.717, 1.165) is 12.1 Å². The van der Waals surface area contributed by atoms with E-state index >= 15 is 0 Å². The first-order valence-electron chi connectivity index (χ1n) is 9.06. The molecule has 11 heteroatoms. The molecule has 166 valence electrons. The molecule has 0 aliphatic carbocycles. The van der Waals surface area contributed by atoms with E-state index in [1.807, 2.05) is 0 Å². The van der Waals surface area contributed by atoms with Gasteiger partial charge >= 0.3 is 0 Å². The Morgan fingerprint density at radius 1 is 0.906 bits per heavy atom. The number of rotatable bonds is 7. The van der Waals surface area contributed by atoms with Crippen molar-refractivity contribution in [3.05, 3.63) is 89.0 Å². The molecule has 0 atom stereocenters. The summed E-state index contributed by atoms with van der Waals surface area (Å²) in [6.07, 6.45) is 0. The van der Waals surface area contributed by atoms with Crippen molar-refractivity contribution >= 4 is 44.8 Å². The summed E-state index contributed by atoms with van der Waals surface area (Å²) < 4.78 is 53.7. The average Bonchev–Trinajstić information content (AvgIpc) is 2.75. The van der Waals surface area contributed by atoms with Gasteiger partial charge < -0.3 is 10.6 Å². The third-order valence-corrected chi connectivity index (χ3v) is 5.79. The summed E-state index contributed by atoms with van der Waals surface area (Å²) in [6, 6.07) is 14.1. The molecule has 7 nitrogen and oxygen atoms in total. The summed E-state index contributed by atoms with van der Waals surface area (Å²) in [5.41, 5.74) is -0.00842. The third-order valence-electron chi connectivity index (χ3n) is 4.15. The molecule has 0 bridgehead atoms. The first kappa shape index (κ1) is 23.2. The zero-order chi connectivity index (χ0) is 23.3. The van der Waals surface area contributed by atoms with Crippen LogP contribution in [0.3, 0.4) is 0 Å². The van der Waals surface area contributed by atoms with Crippen LogP contribution in [0.4, 0.5) is 20.2 Å². The van der Waals surface area contributed by atoms with E-state index in [-0.39, 0.29) is 21.8 Å². The fourth-order valence-electron chi connectivity index (χ4n) is 2.62. The Kier molecular flexibility index (Phi) is 7.06. The van der Waals surface area contributed by atoms with Crippen LogP contribution in [0.15, 0.2) is 71.6 Å². The van der Waals surface area contributed by atoms with Crippen LogP contribution in [-0.4, -0.2) is 26.8 Å². The van der Waals surface area contributed by atoms with E-state index in [9.17, 15) is 26.8 Å². The van der Waals surface area contributed by atoms with Crippen LogP contribution in [0.2, 0.25) is 5.02 Å². The summed E-state index contributed by atoms with van der Waals surface area (Å²) in [7, 11) is -4.00. The van der Waals surface area contributed by atoms with Gasteiger partial charge in [-0.15, -0.1) is 0 Å². The summed E-state index contributed by atoms with van der Waals surface area (Å²) in [5.74, 6) is -3.61. The highest BCUT2D eigenvalue weighted by Gasteiger charge is 2.19. The normalized spacial score (nSPS) is 11.0. The molecule has 0 spiro atoms. The molecule has 0 saturated heterocycles. The summed E-state index contributed by atoms with van der Waals surface area (Å²) >= 11 is 5.78. The highest BCUT2D eigenvalue weighted by Crippen LogP contribution is 2.21. The predicted octanol–water partition coefficient (Wildman–Crippen LogP) is 3.79. The summed E-state index contributed by atoms with van der Waals surface area (Å²) in [4.78, 5) is 24.5. The molecule has 3 aromatic carbocycles. The number of para-hydroxylation sites is 1. The Labute approximate surface area is 187 Å².